The van der Waals surface area contributed by atoms with E-state index in [2.05, 4.69) is 11.9 Å². The molecule has 0 aliphatic rings. The molecule has 0 spiro atoms. The molecule has 0 saturated heterocycles. The fourth-order valence-corrected chi connectivity index (χ4v) is 2.77. The first kappa shape index (κ1) is 12.1. The monoisotopic (exact) mass is 270 g/mol. The molecule has 3 rings (SSSR count). The van der Waals surface area contributed by atoms with Crippen molar-refractivity contribution in [1.82, 2.24) is 9.38 Å². The van der Waals surface area contributed by atoms with Gasteiger partial charge in [0, 0.05) is 23.3 Å². The van der Waals surface area contributed by atoms with Gasteiger partial charge >= 0.3 is 0 Å². The van der Waals surface area contributed by atoms with E-state index in [1.54, 1.807) is 11.3 Å². The number of rotatable bonds is 4. The van der Waals surface area contributed by atoms with Crippen LogP contribution in [0.25, 0.3) is 4.96 Å². The molecule has 96 valence electrons. The number of aryl methyl sites for hydroxylation is 1. The van der Waals surface area contributed by atoms with Gasteiger partial charge in [0.15, 0.2) is 10.7 Å². The van der Waals surface area contributed by atoms with Crippen LogP contribution in [0.5, 0.6) is 0 Å². The van der Waals surface area contributed by atoms with Crippen LogP contribution in [0.15, 0.2) is 42.0 Å². The molecular weight excluding hydrogens is 256 g/mol. The molecule has 2 heterocycles. The molecule has 0 aliphatic heterocycles. The van der Waals surface area contributed by atoms with E-state index in [1.165, 1.54) is 5.56 Å². The summed E-state index contributed by atoms with van der Waals surface area (Å²) in [5, 5.41) is 1.98. The standard InChI is InChI=1S/C15H14N2OS/c1-2-11-3-5-12(6-4-11)14(18)9-13-10-17-7-8-19-15(17)16-13/h3-8,10H,2,9H2,1H3. The van der Waals surface area contributed by atoms with Crippen LogP contribution < -0.4 is 0 Å². The van der Waals surface area contributed by atoms with Crippen LogP contribution in [0, 0.1) is 0 Å². The lowest BCUT2D eigenvalue weighted by Crippen LogP contribution is -2.03. The maximum Gasteiger partial charge on any atom is 0.193 e. The topological polar surface area (TPSA) is 34.4 Å². The highest BCUT2D eigenvalue weighted by Crippen LogP contribution is 2.14. The number of thiazole rings is 1. The minimum absolute atomic E-state index is 0.119. The molecule has 0 unspecified atom stereocenters. The smallest absolute Gasteiger partial charge is 0.193 e. The predicted octanol–water partition coefficient (Wildman–Crippen LogP) is 3.38. The summed E-state index contributed by atoms with van der Waals surface area (Å²) in [6, 6.07) is 7.83. The SMILES string of the molecule is CCc1ccc(C(=O)Cc2cn3ccsc3n2)cc1. The molecule has 0 fully saturated rings. The minimum Gasteiger partial charge on any atom is -0.297 e. The molecule has 0 bridgehead atoms. The lowest BCUT2D eigenvalue weighted by Gasteiger charge is -2.00. The number of fused-ring (bicyclic) bond motifs is 1. The maximum absolute atomic E-state index is 12.2. The molecule has 0 N–H and O–H groups in total. The number of carbonyl (C=O) groups excluding carboxylic acids is 1. The summed E-state index contributed by atoms with van der Waals surface area (Å²) >= 11 is 1.58. The van der Waals surface area contributed by atoms with Crippen molar-refractivity contribution in [3.63, 3.8) is 0 Å². The van der Waals surface area contributed by atoms with Gasteiger partial charge in [-0.1, -0.05) is 31.2 Å². The van der Waals surface area contributed by atoms with Crippen molar-refractivity contribution in [2.75, 3.05) is 0 Å². The molecule has 0 atom stereocenters. The lowest BCUT2D eigenvalue weighted by atomic mass is 10.0. The minimum atomic E-state index is 0.119. The molecule has 0 radical (unpaired) electrons. The fraction of sp³-hybridized carbons (Fsp3) is 0.200. The zero-order valence-corrected chi connectivity index (χ0v) is 11.5. The Bertz CT molecular complexity index is 681. The van der Waals surface area contributed by atoms with Gasteiger partial charge in [-0.05, 0) is 12.0 Å². The number of benzene rings is 1. The molecule has 0 amide bonds. The number of carbonyl (C=O) groups is 1. The molecular formula is C15H14N2OS. The summed E-state index contributed by atoms with van der Waals surface area (Å²) in [4.78, 5) is 17.5. The van der Waals surface area contributed by atoms with Gasteiger partial charge in [0.25, 0.3) is 0 Å². The fourth-order valence-electron chi connectivity index (χ4n) is 2.05. The van der Waals surface area contributed by atoms with Crippen molar-refractivity contribution in [3.8, 4) is 0 Å². The van der Waals surface area contributed by atoms with Crippen LogP contribution in [0.2, 0.25) is 0 Å². The van der Waals surface area contributed by atoms with Crippen LogP contribution in [0.1, 0.15) is 28.5 Å². The summed E-state index contributed by atoms with van der Waals surface area (Å²) < 4.78 is 1.95. The van der Waals surface area contributed by atoms with E-state index in [9.17, 15) is 4.79 Å². The van der Waals surface area contributed by atoms with Crippen molar-refractivity contribution in [3.05, 3.63) is 58.9 Å². The first-order valence-corrected chi connectivity index (χ1v) is 7.17. The summed E-state index contributed by atoms with van der Waals surface area (Å²) in [5.41, 5.74) is 2.84. The predicted molar refractivity (Wildman–Crippen MR) is 76.9 cm³/mol. The van der Waals surface area contributed by atoms with Crippen molar-refractivity contribution < 1.29 is 4.79 Å². The Morgan fingerprint density at radius 3 is 2.79 bits per heavy atom. The Balaban J connectivity index is 1.78. The highest BCUT2D eigenvalue weighted by atomic mass is 32.1. The zero-order valence-electron chi connectivity index (χ0n) is 10.7. The average Bonchev–Trinajstić information content (AvgIpc) is 2.99. The quantitative estimate of drug-likeness (QED) is 0.681. The number of hydrogen-bond donors (Lipinski definition) is 0. The van der Waals surface area contributed by atoms with Crippen molar-refractivity contribution in [2.24, 2.45) is 0 Å². The molecule has 3 aromatic rings. The van der Waals surface area contributed by atoms with Crippen molar-refractivity contribution in [1.29, 1.82) is 0 Å². The van der Waals surface area contributed by atoms with Crippen LogP contribution >= 0.6 is 11.3 Å². The molecule has 0 aliphatic carbocycles. The Morgan fingerprint density at radius 1 is 1.32 bits per heavy atom. The molecule has 4 heteroatoms. The van der Waals surface area contributed by atoms with E-state index < -0.39 is 0 Å². The number of ketones is 1. The average molecular weight is 270 g/mol. The largest absolute Gasteiger partial charge is 0.297 e. The third-order valence-electron chi connectivity index (χ3n) is 3.17. The third-order valence-corrected chi connectivity index (χ3v) is 3.94. The van der Waals surface area contributed by atoms with Gasteiger partial charge in [0.2, 0.25) is 0 Å². The van der Waals surface area contributed by atoms with Gasteiger partial charge in [-0.25, -0.2) is 4.98 Å². The molecule has 1 aromatic carbocycles. The second-order valence-electron chi connectivity index (χ2n) is 4.48. The first-order valence-electron chi connectivity index (χ1n) is 6.29. The Labute approximate surface area is 115 Å². The van der Waals surface area contributed by atoms with Crippen LogP contribution in [0.3, 0.4) is 0 Å². The summed E-state index contributed by atoms with van der Waals surface area (Å²) in [6.45, 7) is 2.11. The van der Waals surface area contributed by atoms with Crippen LogP contribution in [-0.2, 0) is 12.8 Å². The lowest BCUT2D eigenvalue weighted by molar-refractivity contribution is 0.0992. The Hall–Kier alpha value is -1.94. The van der Waals surface area contributed by atoms with Gasteiger partial charge in [-0.2, -0.15) is 0 Å². The van der Waals surface area contributed by atoms with Crippen LogP contribution in [0.4, 0.5) is 0 Å². The summed E-state index contributed by atoms with van der Waals surface area (Å²) in [7, 11) is 0. The van der Waals surface area contributed by atoms with Crippen LogP contribution in [-0.4, -0.2) is 15.2 Å². The third kappa shape index (κ3) is 2.44. The second kappa shape index (κ2) is 4.97. The number of nitrogens with zero attached hydrogens (tertiary/aromatic N) is 2. The van der Waals surface area contributed by atoms with Crippen molar-refractivity contribution >= 4 is 22.1 Å². The first-order chi connectivity index (χ1) is 9.26. The van der Waals surface area contributed by atoms with E-state index in [1.807, 2.05) is 46.4 Å². The highest BCUT2D eigenvalue weighted by molar-refractivity contribution is 7.15. The molecule has 19 heavy (non-hydrogen) atoms. The summed E-state index contributed by atoms with van der Waals surface area (Å²) in [6.07, 6.45) is 5.23. The van der Waals surface area contributed by atoms with Gasteiger partial charge in [0.1, 0.15) is 0 Å². The van der Waals surface area contributed by atoms with E-state index in [0.717, 1.165) is 22.6 Å². The Morgan fingerprint density at radius 2 is 2.11 bits per heavy atom. The van der Waals surface area contributed by atoms with Gasteiger partial charge in [-0.3, -0.25) is 9.20 Å². The second-order valence-corrected chi connectivity index (χ2v) is 5.35. The molecule has 0 saturated carbocycles. The van der Waals surface area contributed by atoms with E-state index in [0.29, 0.717) is 6.42 Å². The van der Waals surface area contributed by atoms with Gasteiger partial charge in [-0.15, -0.1) is 11.3 Å². The van der Waals surface area contributed by atoms with E-state index >= 15 is 0 Å². The normalized spacial score (nSPS) is 11.0. The number of hydrogen-bond acceptors (Lipinski definition) is 3. The number of imidazole rings is 1. The molecule has 2 aromatic heterocycles. The van der Waals surface area contributed by atoms with Gasteiger partial charge in [0.05, 0.1) is 12.1 Å². The maximum atomic E-state index is 12.2. The number of Topliss-reactive ketones (excluding diaryl/α,β-unsaturated/α-hetero) is 1. The van der Waals surface area contributed by atoms with E-state index in [4.69, 9.17) is 0 Å². The summed E-state index contributed by atoms with van der Waals surface area (Å²) in [5.74, 6) is 0.119. The highest BCUT2D eigenvalue weighted by Gasteiger charge is 2.10. The number of aromatic nitrogens is 2. The zero-order chi connectivity index (χ0) is 13.2. The van der Waals surface area contributed by atoms with E-state index in [-0.39, 0.29) is 5.78 Å². The van der Waals surface area contributed by atoms with Crippen molar-refractivity contribution in [2.45, 2.75) is 19.8 Å². The van der Waals surface area contributed by atoms with Gasteiger partial charge < -0.3 is 0 Å². The molecule has 3 nitrogen and oxygen atoms in total. The Kier molecular flexibility index (Phi) is 3.17.